The van der Waals surface area contributed by atoms with E-state index < -0.39 is 5.97 Å². The molecule has 0 spiro atoms. The number of hydrogen-bond donors (Lipinski definition) is 1. The Morgan fingerprint density at radius 3 is 2.61 bits per heavy atom. The van der Waals surface area contributed by atoms with E-state index in [1.807, 2.05) is 43.3 Å². The molecule has 0 saturated heterocycles. The van der Waals surface area contributed by atoms with Crippen molar-refractivity contribution in [2.24, 2.45) is 0 Å². The number of carboxylic acids is 1. The Morgan fingerprint density at radius 1 is 1.22 bits per heavy atom. The number of carbonyl (C=O) groups is 1. The van der Waals surface area contributed by atoms with E-state index in [0.717, 1.165) is 15.4 Å². The molecule has 0 atom stereocenters. The number of aryl methyl sites for hydroxylation is 1. The molecule has 2 nitrogen and oxygen atoms in total. The second-order valence-corrected chi connectivity index (χ2v) is 5.81. The number of halogens is 1. The molecule has 0 unspecified atom stereocenters. The van der Waals surface area contributed by atoms with Gasteiger partial charge in [0.2, 0.25) is 0 Å². The highest BCUT2D eigenvalue weighted by atomic mass is 79.9. The molecule has 0 aromatic heterocycles. The molecule has 0 radical (unpaired) electrons. The first-order chi connectivity index (χ1) is 8.58. The SMILES string of the molecule is Cc1cccc(Sc2cccc(Br)c2C(=O)O)c1. The minimum atomic E-state index is -0.919. The minimum Gasteiger partial charge on any atom is -0.478 e. The molecule has 0 bridgehead atoms. The molecule has 18 heavy (non-hydrogen) atoms. The van der Waals surface area contributed by atoms with Gasteiger partial charge in [-0.15, -0.1) is 0 Å². The van der Waals surface area contributed by atoms with Crippen LogP contribution in [0.2, 0.25) is 0 Å². The van der Waals surface area contributed by atoms with E-state index in [1.54, 1.807) is 6.07 Å². The zero-order valence-electron chi connectivity index (χ0n) is 9.68. The lowest BCUT2D eigenvalue weighted by molar-refractivity contribution is 0.0692. The van der Waals surface area contributed by atoms with E-state index in [4.69, 9.17) is 0 Å². The topological polar surface area (TPSA) is 37.3 Å². The lowest BCUT2D eigenvalue weighted by Crippen LogP contribution is -2.00. The summed E-state index contributed by atoms with van der Waals surface area (Å²) >= 11 is 4.74. The summed E-state index contributed by atoms with van der Waals surface area (Å²) in [5.41, 5.74) is 1.47. The number of hydrogen-bond acceptors (Lipinski definition) is 2. The molecule has 0 amide bonds. The number of benzene rings is 2. The van der Waals surface area contributed by atoms with Crippen LogP contribution < -0.4 is 0 Å². The Kier molecular flexibility index (Phi) is 4.09. The smallest absolute Gasteiger partial charge is 0.338 e. The fourth-order valence-corrected chi connectivity index (χ4v) is 3.36. The van der Waals surface area contributed by atoms with Crippen LogP contribution in [0.3, 0.4) is 0 Å². The quantitative estimate of drug-likeness (QED) is 0.896. The molecule has 4 heteroatoms. The van der Waals surface area contributed by atoms with Gasteiger partial charge in [-0.3, -0.25) is 0 Å². The summed E-state index contributed by atoms with van der Waals surface area (Å²) in [7, 11) is 0. The number of aromatic carboxylic acids is 1. The van der Waals surface area contributed by atoms with Gasteiger partial charge in [0.25, 0.3) is 0 Å². The maximum Gasteiger partial charge on any atom is 0.338 e. The highest BCUT2D eigenvalue weighted by Crippen LogP contribution is 2.34. The zero-order valence-corrected chi connectivity index (χ0v) is 12.1. The molecule has 0 aliphatic heterocycles. The van der Waals surface area contributed by atoms with Crippen molar-refractivity contribution in [3.63, 3.8) is 0 Å². The molecule has 0 fully saturated rings. The molecule has 2 aromatic carbocycles. The number of carboxylic acid groups (broad SMARTS) is 1. The zero-order chi connectivity index (χ0) is 13.1. The first-order valence-electron chi connectivity index (χ1n) is 5.34. The van der Waals surface area contributed by atoms with E-state index in [9.17, 15) is 9.90 Å². The first-order valence-corrected chi connectivity index (χ1v) is 6.95. The Morgan fingerprint density at radius 2 is 1.94 bits per heavy atom. The third kappa shape index (κ3) is 2.94. The lowest BCUT2D eigenvalue weighted by Gasteiger charge is -2.08. The van der Waals surface area contributed by atoms with E-state index in [1.165, 1.54) is 11.8 Å². The van der Waals surface area contributed by atoms with Gasteiger partial charge in [0.1, 0.15) is 0 Å². The van der Waals surface area contributed by atoms with Crippen molar-refractivity contribution in [2.75, 3.05) is 0 Å². The van der Waals surface area contributed by atoms with E-state index in [2.05, 4.69) is 15.9 Å². The monoisotopic (exact) mass is 322 g/mol. The van der Waals surface area contributed by atoms with Crippen LogP contribution in [-0.4, -0.2) is 11.1 Å². The molecule has 2 aromatic rings. The molecule has 0 aliphatic rings. The van der Waals surface area contributed by atoms with Gasteiger partial charge in [-0.1, -0.05) is 35.5 Å². The minimum absolute atomic E-state index is 0.309. The Bertz CT molecular complexity index is 596. The van der Waals surface area contributed by atoms with Gasteiger partial charge < -0.3 is 5.11 Å². The van der Waals surface area contributed by atoms with Crippen LogP contribution in [0.5, 0.6) is 0 Å². The van der Waals surface area contributed by atoms with E-state index in [0.29, 0.717) is 10.0 Å². The van der Waals surface area contributed by atoms with Crippen LogP contribution in [0, 0.1) is 6.92 Å². The Labute approximate surface area is 118 Å². The summed E-state index contributed by atoms with van der Waals surface area (Å²) in [5.74, 6) is -0.919. The van der Waals surface area contributed by atoms with Gasteiger partial charge in [-0.05, 0) is 47.1 Å². The standard InChI is InChI=1S/C14H11BrO2S/c1-9-4-2-5-10(8-9)18-12-7-3-6-11(15)13(12)14(16)17/h2-8H,1H3,(H,16,17). The maximum absolute atomic E-state index is 11.3. The van der Waals surface area contributed by atoms with Crippen molar-refractivity contribution in [3.05, 3.63) is 58.1 Å². The predicted octanol–water partition coefficient (Wildman–Crippen LogP) is 4.61. The van der Waals surface area contributed by atoms with Crippen molar-refractivity contribution in [1.82, 2.24) is 0 Å². The van der Waals surface area contributed by atoms with Crippen molar-refractivity contribution in [3.8, 4) is 0 Å². The summed E-state index contributed by atoms with van der Waals surface area (Å²) in [6.45, 7) is 2.02. The van der Waals surface area contributed by atoms with Crippen LogP contribution in [-0.2, 0) is 0 Å². The van der Waals surface area contributed by atoms with Gasteiger partial charge in [0.15, 0.2) is 0 Å². The molecule has 0 heterocycles. The second-order valence-electron chi connectivity index (χ2n) is 3.84. The highest BCUT2D eigenvalue weighted by molar-refractivity contribution is 9.10. The number of rotatable bonds is 3. The van der Waals surface area contributed by atoms with Crippen molar-refractivity contribution < 1.29 is 9.90 Å². The predicted molar refractivity (Wildman–Crippen MR) is 76.4 cm³/mol. The highest BCUT2D eigenvalue weighted by Gasteiger charge is 2.14. The average molecular weight is 323 g/mol. The molecular formula is C14H11BrO2S. The van der Waals surface area contributed by atoms with Gasteiger partial charge in [0.05, 0.1) is 5.56 Å². The lowest BCUT2D eigenvalue weighted by atomic mass is 10.2. The fraction of sp³-hybridized carbons (Fsp3) is 0.0714. The normalized spacial score (nSPS) is 10.3. The third-order valence-corrected chi connectivity index (χ3v) is 4.12. The largest absolute Gasteiger partial charge is 0.478 e. The Hall–Kier alpha value is -1.26. The van der Waals surface area contributed by atoms with Crippen LogP contribution in [0.4, 0.5) is 0 Å². The van der Waals surface area contributed by atoms with Crippen molar-refractivity contribution in [1.29, 1.82) is 0 Å². The first kappa shape index (κ1) is 13.2. The van der Waals surface area contributed by atoms with E-state index in [-0.39, 0.29) is 0 Å². The average Bonchev–Trinajstić information content (AvgIpc) is 2.28. The summed E-state index contributed by atoms with van der Waals surface area (Å²) in [6.07, 6.45) is 0. The second kappa shape index (κ2) is 5.59. The summed E-state index contributed by atoms with van der Waals surface area (Å²) in [5, 5.41) is 9.24. The molecule has 1 N–H and O–H groups in total. The van der Waals surface area contributed by atoms with E-state index >= 15 is 0 Å². The van der Waals surface area contributed by atoms with Gasteiger partial charge in [0, 0.05) is 14.3 Å². The van der Waals surface area contributed by atoms with Gasteiger partial charge >= 0.3 is 5.97 Å². The van der Waals surface area contributed by atoms with Crippen molar-refractivity contribution >= 4 is 33.7 Å². The molecule has 2 rings (SSSR count). The van der Waals surface area contributed by atoms with Gasteiger partial charge in [-0.25, -0.2) is 4.79 Å². The molecular weight excluding hydrogens is 312 g/mol. The van der Waals surface area contributed by atoms with Crippen LogP contribution in [0.15, 0.2) is 56.7 Å². The summed E-state index contributed by atoms with van der Waals surface area (Å²) in [6, 6.07) is 13.4. The van der Waals surface area contributed by atoms with Crippen molar-refractivity contribution in [2.45, 2.75) is 16.7 Å². The van der Waals surface area contributed by atoms with Crippen LogP contribution in [0.1, 0.15) is 15.9 Å². The van der Waals surface area contributed by atoms with Crippen LogP contribution in [0.25, 0.3) is 0 Å². The molecule has 92 valence electrons. The molecule has 0 saturated carbocycles. The fourth-order valence-electron chi connectivity index (χ4n) is 1.60. The van der Waals surface area contributed by atoms with Crippen LogP contribution >= 0.6 is 27.7 Å². The Balaban J connectivity index is 2.40. The third-order valence-electron chi connectivity index (χ3n) is 2.41. The summed E-state index contributed by atoms with van der Waals surface area (Å²) < 4.78 is 0.604. The molecule has 0 aliphatic carbocycles. The maximum atomic E-state index is 11.3. The van der Waals surface area contributed by atoms with Gasteiger partial charge in [-0.2, -0.15) is 0 Å². The summed E-state index contributed by atoms with van der Waals surface area (Å²) in [4.78, 5) is 13.0.